The number of carbonyl (C=O) groups is 1. The number of nitrogens with zero attached hydrogens (tertiary/aromatic N) is 2. The predicted molar refractivity (Wildman–Crippen MR) is 83.7 cm³/mol. The Morgan fingerprint density at radius 3 is 2.87 bits per heavy atom. The molecule has 2 saturated heterocycles. The monoisotopic (exact) mass is 341 g/mol. The zero-order valence-electron chi connectivity index (χ0n) is 12.7. The summed E-state index contributed by atoms with van der Waals surface area (Å²) >= 11 is 0. The van der Waals surface area contributed by atoms with E-state index in [9.17, 15) is 17.6 Å². The third-order valence-corrected chi connectivity index (χ3v) is 6.22. The average molecular weight is 341 g/mol. The molecule has 1 N–H and O–H groups in total. The fourth-order valence-corrected chi connectivity index (χ4v) is 4.59. The van der Waals surface area contributed by atoms with E-state index in [1.165, 1.54) is 16.4 Å². The van der Waals surface area contributed by atoms with Crippen LogP contribution in [0.15, 0.2) is 24.3 Å². The fraction of sp³-hybridized carbons (Fsp3) is 0.533. The second kappa shape index (κ2) is 6.54. The van der Waals surface area contributed by atoms with E-state index in [1.807, 2.05) is 0 Å². The van der Waals surface area contributed by atoms with Gasteiger partial charge in [-0.05, 0) is 24.1 Å². The lowest BCUT2D eigenvalue weighted by Gasteiger charge is -2.37. The Morgan fingerprint density at radius 2 is 2.17 bits per heavy atom. The highest BCUT2D eigenvalue weighted by molar-refractivity contribution is 7.89. The molecule has 2 aliphatic rings. The van der Waals surface area contributed by atoms with Crippen molar-refractivity contribution in [2.45, 2.75) is 12.5 Å². The molecule has 1 atom stereocenters. The number of amides is 1. The first-order valence-electron chi connectivity index (χ1n) is 7.71. The van der Waals surface area contributed by atoms with Crippen LogP contribution in [0.1, 0.15) is 18.0 Å². The van der Waals surface area contributed by atoms with Gasteiger partial charge in [0.2, 0.25) is 15.9 Å². The number of piperazine rings is 1. The molecule has 126 valence electrons. The highest BCUT2D eigenvalue weighted by atomic mass is 32.2. The van der Waals surface area contributed by atoms with Crippen molar-refractivity contribution in [3.05, 3.63) is 35.6 Å². The maximum atomic E-state index is 13.5. The highest BCUT2D eigenvalue weighted by Crippen LogP contribution is 2.24. The molecular formula is C15H20FN3O3S. The molecule has 8 heteroatoms. The van der Waals surface area contributed by atoms with E-state index in [1.54, 1.807) is 17.0 Å². The molecule has 1 aromatic carbocycles. The van der Waals surface area contributed by atoms with E-state index in [4.69, 9.17) is 0 Å². The Bertz CT molecular complexity index is 695. The van der Waals surface area contributed by atoms with Crippen molar-refractivity contribution < 1.29 is 17.6 Å². The molecule has 0 radical (unpaired) electrons. The minimum absolute atomic E-state index is 0.106. The SMILES string of the molecule is O=C(CN1CCCS1(=O)=O)N1CCNCC1c1cccc(F)c1. The third kappa shape index (κ3) is 3.54. The summed E-state index contributed by atoms with van der Waals surface area (Å²) in [6, 6.07) is 5.91. The predicted octanol–water partition coefficient (Wildman–Crippen LogP) is 0.334. The van der Waals surface area contributed by atoms with Gasteiger partial charge in [0.15, 0.2) is 0 Å². The molecule has 1 aromatic rings. The summed E-state index contributed by atoms with van der Waals surface area (Å²) in [6.45, 7) is 1.92. The molecule has 2 heterocycles. The number of carbonyl (C=O) groups excluding carboxylic acids is 1. The minimum atomic E-state index is -3.30. The summed E-state index contributed by atoms with van der Waals surface area (Å²) in [5.74, 6) is -0.469. The van der Waals surface area contributed by atoms with E-state index >= 15 is 0 Å². The second-order valence-electron chi connectivity index (χ2n) is 5.87. The van der Waals surface area contributed by atoms with Gasteiger partial charge in [0, 0.05) is 26.2 Å². The molecule has 1 amide bonds. The number of nitrogens with one attached hydrogen (secondary N) is 1. The van der Waals surface area contributed by atoms with Gasteiger partial charge in [-0.15, -0.1) is 0 Å². The number of hydrogen-bond acceptors (Lipinski definition) is 4. The van der Waals surface area contributed by atoms with E-state index in [0.29, 0.717) is 32.6 Å². The van der Waals surface area contributed by atoms with Gasteiger partial charge in [0.25, 0.3) is 0 Å². The molecule has 1 unspecified atom stereocenters. The van der Waals surface area contributed by atoms with Gasteiger partial charge >= 0.3 is 0 Å². The Hall–Kier alpha value is -1.51. The van der Waals surface area contributed by atoms with Crippen LogP contribution in [0.3, 0.4) is 0 Å². The van der Waals surface area contributed by atoms with Gasteiger partial charge in [-0.25, -0.2) is 12.8 Å². The van der Waals surface area contributed by atoms with Crippen LogP contribution in [0, 0.1) is 5.82 Å². The Balaban J connectivity index is 1.77. The second-order valence-corrected chi connectivity index (χ2v) is 7.95. The third-order valence-electron chi connectivity index (χ3n) is 4.31. The van der Waals surface area contributed by atoms with Crippen LogP contribution in [0.4, 0.5) is 4.39 Å². The number of benzene rings is 1. The van der Waals surface area contributed by atoms with Crippen molar-refractivity contribution in [2.75, 3.05) is 38.5 Å². The maximum Gasteiger partial charge on any atom is 0.238 e. The summed E-state index contributed by atoms with van der Waals surface area (Å²) in [4.78, 5) is 14.3. The van der Waals surface area contributed by atoms with Crippen LogP contribution in [0.5, 0.6) is 0 Å². The summed E-state index contributed by atoms with van der Waals surface area (Å²) in [5, 5.41) is 3.20. The molecule has 2 aliphatic heterocycles. The first-order chi connectivity index (χ1) is 11.0. The number of sulfonamides is 1. The molecule has 0 spiro atoms. The Labute approximate surface area is 135 Å². The maximum absolute atomic E-state index is 13.5. The minimum Gasteiger partial charge on any atom is -0.332 e. The van der Waals surface area contributed by atoms with Gasteiger partial charge in [-0.2, -0.15) is 4.31 Å². The van der Waals surface area contributed by atoms with Crippen molar-refractivity contribution in [3.63, 3.8) is 0 Å². The summed E-state index contributed by atoms with van der Waals surface area (Å²) in [7, 11) is -3.30. The fourth-order valence-electron chi connectivity index (χ4n) is 3.13. The molecule has 6 nitrogen and oxygen atoms in total. The first kappa shape index (κ1) is 16.4. The van der Waals surface area contributed by atoms with Crippen LogP contribution < -0.4 is 5.32 Å². The lowest BCUT2D eigenvalue weighted by Crippen LogP contribution is -2.51. The molecule has 0 saturated carbocycles. The zero-order valence-corrected chi connectivity index (χ0v) is 13.6. The van der Waals surface area contributed by atoms with Crippen LogP contribution in [0.25, 0.3) is 0 Å². The van der Waals surface area contributed by atoms with Crippen LogP contribution in [0.2, 0.25) is 0 Å². The summed E-state index contributed by atoms with van der Waals surface area (Å²) < 4.78 is 38.5. The van der Waals surface area contributed by atoms with Gasteiger partial charge < -0.3 is 10.2 Å². The largest absolute Gasteiger partial charge is 0.332 e. The quantitative estimate of drug-likeness (QED) is 0.860. The topological polar surface area (TPSA) is 69.7 Å². The van der Waals surface area contributed by atoms with E-state index in [-0.39, 0.29) is 30.1 Å². The van der Waals surface area contributed by atoms with Crippen LogP contribution in [-0.4, -0.2) is 62.0 Å². The summed E-state index contributed by atoms with van der Waals surface area (Å²) in [6.07, 6.45) is 0.560. The average Bonchev–Trinajstić information content (AvgIpc) is 2.86. The molecule has 3 rings (SSSR count). The zero-order chi connectivity index (χ0) is 16.4. The molecule has 0 aliphatic carbocycles. The standard InChI is InChI=1S/C15H20FN3O3S/c16-13-4-1-3-12(9-13)14-10-17-5-7-19(14)15(20)11-18-6-2-8-23(18,21)22/h1,3-4,9,14,17H,2,5-8,10-11H2. The molecule has 0 bridgehead atoms. The number of hydrogen-bond donors (Lipinski definition) is 1. The van der Waals surface area contributed by atoms with Gasteiger partial charge in [0.1, 0.15) is 5.82 Å². The molecule has 0 aromatic heterocycles. The Kier molecular flexibility index (Phi) is 4.65. The van der Waals surface area contributed by atoms with Crippen LogP contribution >= 0.6 is 0 Å². The normalized spacial score (nSPS) is 24.7. The number of rotatable bonds is 3. The van der Waals surface area contributed by atoms with E-state index in [2.05, 4.69) is 5.32 Å². The van der Waals surface area contributed by atoms with Crippen molar-refractivity contribution >= 4 is 15.9 Å². The molecule has 2 fully saturated rings. The van der Waals surface area contributed by atoms with E-state index < -0.39 is 10.0 Å². The van der Waals surface area contributed by atoms with Gasteiger partial charge in [0.05, 0.1) is 18.3 Å². The van der Waals surface area contributed by atoms with Gasteiger partial charge in [-0.3, -0.25) is 4.79 Å². The van der Waals surface area contributed by atoms with Crippen molar-refractivity contribution in [2.24, 2.45) is 0 Å². The van der Waals surface area contributed by atoms with Crippen LogP contribution in [-0.2, 0) is 14.8 Å². The van der Waals surface area contributed by atoms with Gasteiger partial charge in [-0.1, -0.05) is 12.1 Å². The highest BCUT2D eigenvalue weighted by Gasteiger charge is 2.34. The lowest BCUT2D eigenvalue weighted by molar-refractivity contribution is -0.134. The molecular weight excluding hydrogens is 321 g/mol. The summed E-state index contributed by atoms with van der Waals surface area (Å²) in [5.41, 5.74) is 0.717. The number of halogens is 1. The van der Waals surface area contributed by atoms with E-state index in [0.717, 1.165) is 5.56 Å². The van der Waals surface area contributed by atoms with Crippen molar-refractivity contribution in [1.29, 1.82) is 0 Å². The molecule has 23 heavy (non-hydrogen) atoms. The Morgan fingerprint density at radius 1 is 1.35 bits per heavy atom. The van der Waals surface area contributed by atoms with Crippen molar-refractivity contribution in [1.82, 2.24) is 14.5 Å². The smallest absolute Gasteiger partial charge is 0.238 e. The van der Waals surface area contributed by atoms with Crippen molar-refractivity contribution in [3.8, 4) is 0 Å². The lowest BCUT2D eigenvalue weighted by atomic mass is 10.0. The first-order valence-corrected chi connectivity index (χ1v) is 9.32.